The summed E-state index contributed by atoms with van der Waals surface area (Å²) in [6.45, 7) is 6.35. The van der Waals surface area contributed by atoms with Crippen LogP contribution in [0.4, 0.5) is 0 Å². The summed E-state index contributed by atoms with van der Waals surface area (Å²) in [5.74, 6) is -0.389. The molecule has 9 N–H and O–H groups in total. The van der Waals surface area contributed by atoms with E-state index in [4.69, 9.17) is 32.6 Å². The molecule has 4 bridgehead atoms. The highest BCUT2D eigenvalue weighted by Crippen LogP contribution is 2.16. The van der Waals surface area contributed by atoms with Gasteiger partial charge in [-0.1, -0.05) is 36.4 Å². The van der Waals surface area contributed by atoms with Crippen molar-refractivity contribution in [2.75, 3.05) is 78.5 Å². The molecule has 0 aliphatic carbocycles. The molecule has 64 heavy (non-hydrogen) atoms. The minimum Gasteiger partial charge on any atom is -0.390 e. The number of benzene rings is 1. The first kappa shape index (κ1) is 47.0. The van der Waals surface area contributed by atoms with Gasteiger partial charge in [-0.3, -0.25) is 54.4 Å². The van der Waals surface area contributed by atoms with Crippen LogP contribution in [0.3, 0.4) is 0 Å². The maximum Gasteiger partial charge on any atom is 0.254 e. The molecule has 0 saturated carbocycles. The molecule has 2 aliphatic heterocycles. The van der Waals surface area contributed by atoms with E-state index in [1.807, 2.05) is 76.5 Å². The Morgan fingerprint density at radius 3 is 1.86 bits per heavy atom. The first-order valence-electron chi connectivity index (χ1n) is 21.7. The molecule has 1 aromatic carbocycles. The molecule has 0 atom stereocenters. The van der Waals surface area contributed by atoms with E-state index in [-0.39, 0.29) is 69.0 Å². The highest BCUT2D eigenvalue weighted by molar-refractivity contribution is 5.94. The van der Waals surface area contributed by atoms with Crippen LogP contribution in [-0.4, -0.2) is 158 Å². The van der Waals surface area contributed by atoms with Crippen molar-refractivity contribution in [1.82, 2.24) is 49.7 Å². The van der Waals surface area contributed by atoms with Gasteiger partial charge >= 0.3 is 0 Å². The molecular weight excluding hydrogens is 815 g/mol. The summed E-state index contributed by atoms with van der Waals surface area (Å²) in [6.07, 6.45) is 0.569. The molecule has 19 heteroatoms. The second-order valence-electron chi connectivity index (χ2n) is 16.0. The first-order chi connectivity index (χ1) is 31.0. The van der Waals surface area contributed by atoms with Crippen LogP contribution < -0.4 is 22.5 Å². The van der Waals surface area contributed by atoms with Crippen molar-refractivity contribution in [2.45, 2.75) is 45.8 Å². The monoisotopic (exact) mass is 876 g/mol. The Morgan fingerprint density at radius 2 is 1.22 bits per heavy atom. The fraction of sp³-hybridized carbons (Fsp3) is 0.422. The lowest BCUT2D eigenvalue weighted by molar-refractivity contribution is -0.134. The third kappa shape index (κ3) is 14.8. The van der Waals surface area contributed by atoms with Crippen LogP contribution in [0.2, 0.25) is 0 Å². The van der Waals surface area contributed by atoms with Gasteiger partial charge in [0.15, 0.2) is 11.9 Å². The minimum atomic E-state index is -0.180. The molecule has 0 spiro atoms. The molecule has 6 rings (SSSR count). The Hall–Kier alpha value is -6.54. The molecule has 0 unspecified atom stereocenters. The van der Waals surface area contributed by atoms with Crippen LogP contribution in [0.5, 0.6) is 0 Å². The summed E-state index contributed by atoms with van der Waals surface area (Å²) < 4.78 is 0. The van der Waals surface area contributed by atoms with Gasteiger partial charge < -0.3 is 42.3 Å². The van der Waals surface area contributed by atoms with E-state index in [9.17, 15) is 19.5 Å². The number of fused-ring (bicyclic) bond motifs is 4. The van der Waals surface area contributed by atoms with Crippen LogP contribution in [0.25, 0.3) is 0 Å². The van der Waals surface area contributed by atoms with Crippen molar-refractivity contribution in [3.63, 3.8) is 0 Å². The Morgan fingerprint density at radius 1 is 0.625 bits per heavy atom. The lowest BCUT2D eigenvalue weighted by atomic mass is 10.1. The van der Waals surface area contributed by atoms with E-state index in [0.29, 0.717) is 102 Å². The van der Waals surface area contributed by atoms with Gasteiger partial charge in [0.1, 0.15) is 0 Å². The number of aliphatic imine (C=N–C) groups is 1. The molecule has 5 heterocycles. The van der Waals surface area contributed by atoms with E-state index in [2.05, 4.69) is 25.1 Å². The van der Waals surface area contributed by atoms with Gasteiger partial charge in [-0.15, -0.1) is 0 Å². The van der Waals surface area contributed by atoms with Crippen molar-refractivity contribution in [1.29, 1.82) is 5.41 Å². The summed E-state index contributed by atoms with van der Waals surface area (Å²) in [7, 11) is 0. The second kappa shape index (κ2) is 23.8. The summed E-state index contributed by atoms with van der Waals surface area (Å²) >= 11 is 0. The Bertz CT molecular complexity index is 2200. The van der Waals surface area contributed by atoms with E-state index in [0.717, 1.165) is 22.8 Å². The van der Waals surface area contributed by atoms with Crippen molar-refractivity contribution in [2.24, 2.45) is 22.2 Å². The third-order valence-corrected chi connectivity index (χ3v) is 11.0. The average Bonchev–Trinajstić information content (AvgIpc) is 3.29. The summed E-state index contributed by atoms with van der Waals surface area (Å²) in [6, 6.07) is 26.4. The van der Waals surface area contributed by atoms with Gasteiger partial charge in [0.05, 0.1) is 66.9 Å². The maximum absolute atomic E-state index is 14.1. The Labute approximate surface area is 374 Å². The van der Waals surface area contributed by atoms with Crippen molar-refractivity contribution >= 4 is 29.6 Å². The molecule has 0 radical (unpaired) electrons. The van der Waals surface area contributed by atoms with Gasteiger partial charge in [-0.05, 0) is 55.0 Å². The summed E-state index contributed by atoms with van der Waals surface area (Å²) in [5, 5.41) is 20.6. The molecule has 3 amide bonds. The fourth-order valence-electron chi connectivity index (χ4n) is 7.79. The largest absolute Gasteiger partial charge is 0.390 e. The number of pyridine rings is 3. The van der Waals surface area contributed by atoms with E-state index in [1.165, 1.54) is 0 Å². The number of aromatic nitrogens is 3. The van der Waals surface area contributed by atoms with Gasteiger partial charge in [0.2, 0.25) is 11.8 Å². The highest BCUT2D eigenvalue weighted by Gasteiger charge is 2.25. The number of hydrogen-bond donors (Lipinski definition) is 6. The number of guanidine groups is 2. The highest BCUT2D eigenvalue weighted by atomic mass is 16.3. The SMILES string of the molecule is N=C(N)N1CCN(C(=O)CN2Cc3cccc(n3)CN(Cc3cccc(CO)n3)CCN(CC(=O)NCCN=C(N)N)CCCN(C(=O)c3ccccc3)Cc3cccc(n3)C2)CC1. The molecule has 340 valence electrons. The number of nitrogens with zero attached hydrogens (tertiary/aromatic N) is 10. The van der Waals surface area contributed by atoms with E-state index >= 15 is 0 Å². The molecule has 1 fully saturated rings. The lowest BCUT2D eigenvalue weighted by Crippen LogP contribution is -2.53. The zero-order valence-electron chi connectivity index (χ0n) is 36.4. The zero-order valence-corrected chi connectivity index (χ0v) is 36.4. The second-order valence-corrected chi connectivity index (χ2v) is 16.0. The predicted molar refractivity (Wildman–Crippen MR) is 243 cm³/mol. The molecule has 3 aromatic heterocycles. The van der Waals surface area contributed by atoms with Crippen LogP contribution in [0, 0.1) is 5.41 Å². The van der Waals surface area contributed by atoms with Crippen LogP contribution in [0.15, 0.2) is 89.9 Å². The number of aliphatic hydroxyl groups is 1. The van der Waals surface area contributed by atoms with Crippen molar-refractivity contribution in [3.8, 4) is 0 Å². The number of piperazine rings is 1. The number of nitrogens with two attached hydrogens (primary N) is 3. The smallest absolute Gasteiger partial charge is 0.254 e. The normalized spacial score (nSPS) is 16.2. The zero-order chi connectivity index (χ0) is 45.3. The maximum atomic E-state index is 14.1. The fourth-order valence-corrected chi connectivity index (χ4v) is 7.79. The average molecular weight is 876 g/mol. The molecule has 19 nitrogen and oxygen atoms in total. The van der Waals surface area contributed by atoms with Crippen LogP contribution in [0.1, 0.15) is 50.9 Å². The molecule has 2 aliphatic rings. The number of hydrogen-bond acceptors (Lipinski definition) is 12. The van der Waals surface area contributed by atoms with E-state index < -0.39 is 0 Å². The number of carbonyl (C=O) groups is 3. The third-order valence-electron chi connectivity index (χ3n) is 11.0. The van der Waals surface area contributed by atoms with E-state index in [1.54, 1.807) is 28.0 Å². The minimum absolute atomic E-state index is 0.00169. The van der Waals surface area contributed by atoms with Gasteiger partial charge in [-0.25, -0.2) is 0 Å². The standard InChI is InChI=1S/C45H61N15O4/c46-44(47)51-17-16-50-41(62)31-55-18-7-19-60(43(64)34-8-2-1-3-9-34)30-39-14-5-12-38(53-39)29-57(32-42(63)58-22-24-59(25-23-58)45(48)49)28-37-11-4-10-35(52-37)26-56(21-20-55)27-36-13-6-15-40(33-61)54-36/h1-6,8-15,61H,7,16-33H2,(H3,48,49)(H,50,62)(H4,46,47,51). The Balaban J connectivity index is 1.31. The number of nitrogens with one attached hydrogen (secondary N) is 2. The van der Waals surface area contributed by atoms with Gasteiger partial charge in [-0.2, -0.15) is 0 Å². The van der Waals surface area contributed by atoms with Crippen molar-refractivity contribution in [3.05, 3.63) is 125 Å². The number of aliphatic hydroxyl groups excluding tert-OH is 1. The van der Waals surface area contributed by atoms with Crippen molar-refractivity contribution < 1.29 is 19.5 Å². The lowest BCUT2D eigenvalue weighted by Gasteiger charge is -2.36. The number of rotatable bonds is 11. The Kier molecular flexibility index (Phi) is 17.4. The quantitative estimate of drug-likeness (QED) is 0.0667. The summed E-state index contributed by atoms with van der Waals surface area (Å²) in [4.78, 5) is 71.8. The molecule has 1 saturated heterocycles. The first-order valence-corrected chi connectivity index (χ1v) is 21.7. The van der Waals surface area contributed by atoms with Crippen LogP contribution in [-0.2, 0) is 48.9 Å². The number of carbonyl (C=O) groups excluding carboxylic acids is 3. The molecule has 4 aromatic rings. The van der Waals surface area contributed by atoms with Gasteiger partial charge in [0.25, 0.3) is 5.91 Å². The number of amides is 3. The molecular formula is C45H61N15O4. The topological polar surface area (TPSA) is 256 Å². The summed E-state index contributed by atoms with van der Waals surface area (Å²) in [5.41, 5.74) is 21.6. The van der Waals surface area contributed by atoms with Crippen LogP contribution >= 0.6 is 0 Å². The predicted octanol–water partition coefficient (Wildman–Crippen LogP) is 0.144. The van der Waals surface area contributed by atoms with Gasteiger partial charge in [0, 0.05) is 90.6 Å².